The van der Waals surface area contributed by atoms with Gasteiger partial charge in [-0.05, 0) is 177 Å². The van der Waals surface area contributed by atoms with Crippen LogP contribution in [0.1, 0.15) is 117 Å². The molecule has 0 unspecified atom stereocenters. The van der Waals surface area contributed by atoms with Gasteiger partial charge in [0.2, 0.25) is 0 Å². The van der Waals surface area contributed by atoms with E-state index < -0.39 is 0 Å². The monoisotopic (exact) mass is 1150 g/mol. The summed E-state index contributed by atoms with van der Waals surface area (Å²) < 4.78 is 0. The van der Waals surface area contributed by atoms with E-state index in [0.29, 0.717) is 0 Å². The van der Waals surface area contributed by atoms with Gasteiger partial charge in [-0.15, -0.1) is 23.2 Å². The van der Waals surface area contributed by atoms with Crippen molar-refractivity contribution >= 4 is 97.2 Å². The first-order chi connectivity index (χ1) is 33.4. The summed E-state index contributed by atoms with van der Waals surface area (Å²) in [6.07, 6.45) is 5.35. The van der Waals surface area contributed by atoms with Gasteiger partial charge >= 0.3 is 39.3 Å². The summed E-state index contributed by atoms with van der Waals surface area (Å²) in [5.74, 6) is 0. The van der Waals surface area contributed by atoms with Crippen molar-refractivity contribution in [1.29, 1.82) is 0 Å². The van der Waals surface area contributed by atoms with Crippen LogP contribution in [-0.2, 0) is 23.7 Å². The predicted molar refractivity (Wildman–Crippen MR) is 316 cm³/mol. The van der Waals surface area contributed by atoms with Crippen LogP contribution in [-0.4, -0.2) is 28.2 Å². The molecule has 4 nitrogen and oxygen atoms in total. The number of aliphatic imine (C=N–C) groups is 4. The molecule has 376 valence electrons. The van der Waals surface area contributed by atoms with Gasteiger partial charge in [-0.2, -0.15) is 0 Å². The van der Waals surface area contributed by atoms with Crippen molar-refractivity contribution in [3.05, 3.63) is 187 Å². The van der Waals surface area contributed by atoms with E-state index >= 15 is 0 Å². The fourth-order valence-electron chi connectivity index (χ4n) is 8.97. The summed E-state index contributed by atoms with van der Waals surface area (Å²) in [4.78, 5) is 20.9. The van der Waals surface area contributed by atoms with Crippen molar-refractivity contribution < 1.29 is 10.9 Å². The normalized spacial score (nSPS) is 11.9. The summed E-state index contributed by atoms with van der Waals surface area (Å²) >= 11 is 15.5. The Kier molecular flexibility index (Phi) is 27.1. The van der Waals surface area contributed by atoms with Gasteiger partial charge < -0.3 is 0 Å². The van der Waals surface area contributed by atoms with Crippen molar-refractivity contribution in [2.24, 2.45) is 20.0 Å². The number of rotatable bonds is 14. The third-order valence-electron chi connectivity index (χ3n) is 11.9. The second-order valence-corrected chi connectivity index (χ2v) is 23.8. The van der Waals surface area contributed by atoms with Crippen molar-refractivity contribution in [2.45, 2.75) is 135 Å². The molecule has 0 saturated heterocycles. The molecule has 0 saturated carbocycles. The topological polar surface area (TPSA) is 49.4 Å². The second kappa shape index (κ2) is 31.5. The molecule has 0 aliphatic carbocycles. The van der Waals surface area contributed by atoms with Gasteiger partial charge in [0.05, 0.1) is 50.9 Å². The minimum absolute atomic E-state index is 0.194. The summed E-state index contributed by atoms with van der Waals surface area (Å²) in [5.41, 5.74) is 26.2. The van der Waals surface area contributed by atoms with Gasteiger partial charge in [0, 0.05) is 0 Å². The van der Waals surface area contributed by atoms with Crippen LogP contribution >= 0.6 is 51.7 Å². The third-order valence-corrected chi connectivity index (χ3v) is 11.9. The quantitative estimate of drug-likeness (QED) is 0.0593. The van der Waals surface area contributed by atoms with Crippen LogP contribution in [0.25, 0.3) is 0 Å². The summed E-state index contributed by atoms with van der Waals surface area (Å²) in [6, 6.07) is 39.1. The molecular weight excluding hydrogens is 1080 g/mol. The molecule has 0 N–H and O–H groups in total. The average molecular weight is 1150 g/mol. The SMILES string of the molecule is CCC(=Nc1c(C)cc(C)cc1C)C(CCc1ccccc1)=Nc1c(C)cc(C)cc1C.CCC(=Nc1c(C)cc(C)cc1C)C(CCc1ccccc1)=Nc1c(C)cc(C)cc1C.ClCCl.[Br][Ni][Br]. The summed E-state index contributed by atoms with van der Waals surface area (Å²) in [7, 11) is 1.25. The van der Waals surface area contributed by atoms with Crippen molar-refractivity contribution in [2.75, 3.05) is 5.34 Å². The fourth-order valence-corrected chi connectivity index (χ4v) is 8.97. The molecule has 0 fully saturated rings. The molecule has 0 atom stereocenters. The molecular formula is C61H74Br2Cl2N4Ni. The Balaban J connectivity index is 0.000000333. The molecule has 0 heterocycles. The third kappa shape index (κ3) is 19.6. The molecule has 0 aromatic heterocycles. The molecule has 0 spiro atoms. The molecule has 0 aliphatic heterocycles. The zero-order chi connectivity index (χ0) is 51.9. The Morgan fingerprint density at radius 2 is 0.586 bits per heavy atom. The Morgan fingerprint density at radius 1 is 0.386 bits per heavy atom. The van der Waals surface area contributed by atoms with Gasteiger partial charge in [0.25, 0.3) is 0 Å². The molecule has 9 heteroatoms. The Bertz CT molecular complexity index is 2460. The van der Waals surface area contributed by atoms with E-state index in [1.807, 2.05) is 0 Å². The number of alkyl halides is 2. The Hall–Kier alpha value is -3.97. The zero-order valence-corrected chi connectivity index (χ0v) is 49.6. The molecule has 6 aromatic carbocycles. The van der Waals surface area contributed by atoms with Crippen molar-refractivity contribution in [3.63, 3.8) is 0 Å². The van der Waals surface area contributed by atoms with Crippen molar-refractivity contribution in [3.8, 4) is 0 Å². The molecule has 0 bridgehead atoms. The first-order valence-corrected chi connectivity index (χ1v) is 30.0. The molecule has 0 radical (unpaired) electrons. The standard InChI is InChI=1S/2C30H36N2.CH2Cl2.2BrH.Ni/c2*1-8-27(31-29-22(4)16-20(2)17-23(29)5)28(15-14-26-12-10-9-11-13-26)32-30-24(6)18-21(3)19-25(30)7;2-1-3;;;/h2*9-13,16-19H,8,14-15H2,1-7H3;1H2;2*1H;/q;;;;;+2/p-2. The van der Waals surface area contributed by atoms with Gasteiger partial charge in [0.15, 0.2) is 0 Å². The summed E-state index contributed by atoms with van der Waals surface area (Å²) in [5, 5.41) is 0.194. The van der Waals surface area contributed by atoms with E-state index in [1.165, 1.54) is 88.8 Å². The Morgan fingerprint density at radius 3 is 0.786 bits per heavy atom. The van der Waals surface area contributed by atoms with Crippen LogP contribution in [0.2, 0.25) is 0 Å². The second-order valence-electron chi connectivity index (χ2n) is 18.0. The first-order valence-electron chi connectivity index (χ1n) is 24.0. The number of hydrogen-bond acceptors (Lipinski definition) is 4. The maximum atomic E-state index is 5.24. The number of aryl methyl sites for hydroxylation is 14. The molecule has 70 heavy (non-hydrogen) atoms. The van der Waals surface area contributed by atoms with Gasteiger partial charge in [0.1, 0.15) is 0 Å². The van der Waals surface area contributed by atoms with Crippen LogP contribution in [0, 0.1) is 83.1 Å². The minimum atomic E-state index is 0.194. The van der Waals surface area contributed by atoms with E-state index in [0.717, 1.165) is 84.1 Å². The average Bonchev–Trinajstić information content (AvgIpc) is 3.29. The number of hydrogen-bond donors (Lipinski definition) is 0. The predicted octanol–water partition coefficient (Wildman–Crippen LogP) is 20.0. The van der Waals surface area contributed by atoms with E-state index in [-0.39, 0.29) is 5.34 Å². The van der Waals surface area contributed by atoms with Crippen molar-refractivity contribution in [1.82, 2.24) is 0 Å². The molecule has 0 aliphatic rings. The van der Waals surface area contributed by atoms with Crippen LogP contribution in [0.3, 0.4) is 0 Å². The zero-order valence-electron chi connectivity index (χ0n) is 44.0. The van der Waals surface area contributed by atoms with Crippen LogP contribution in [0.4, 0.5) is 22.7 Å². The fraction of sp³-hybridized carbons (Fsp3) is 0.344. The van der Waals surface area contributed by atoms with Gasteiger partial charge in [-0.3, -0.25) is 20.0 Å². The summed E-state index contributed by atoms with van der Waals surface area (Å²) in [6.45, 7) is 30.2. The van der Waals surface area contributed by atoms with Gasteiger partial charge in [-0.25, -0.2) is 0 Å². The molecule has 6 aromatic rings. The molecule has 6 rings (SSSR count). The molecule has 0 amide bonds. The van der Waals surface area contributed by atoms with E-state index in [4.69, 9.17) is 43.2 Å². The van der Waals surface area contributed by atoms with Crippen LogP contribution < -0.4 is 0 Å². The Labute approximate surface area is 452 Å². The van der Waals surface area contributed by atoms with Crippen LogP contribution in [0.5, 0.6) is 0 Å². The number of halogens is 4. The van der Waals surface area contributed by atoms with Gasteiger partial charge in [-0.1, -0.05) is 145 Å². The van der Waals surface area contributed by atoms with E-state index in [1.54, 1.807) is 0 Å². The van der Waals surface area contributed by atoms with Crippen LogP contribution in [0.15, 0.2) is 129 Å². The number of benzene rings is 6. The number of nitrogens with zero attached hydrogens (tertiary/aromatic N) is 4. The van der Waals surface area contributed by atoms with E-state index in [9.17, 15) is 0 Å². The maximum absolute atomic E-state index is 5.24. The first kappa shape index (κ1) is 60.3. The van der Waals surface area contributed by atoms with E-state index in [2.05, 4.69) is 235 Å².